The minimum absolute atomic E-state index is 0.0407. The van der Waals surface area contributed by atoms with Crippen LogP contribution in [0, 0.1) is 13.8 Å². The number of carbonyl (C=O) groups is 1. The molecular weight excluding hydrogens is 424 g/mol. The quantitative estimate of drug-likeness (QED) is 0.395. The lowest BCUT2D eigenvalue weighted by atomic mass is 10.1. The van der Waals surface area contributed by atoms with E-state index in [1.807, 2.05) is 38.1 Å². The van der Waals surface area contributed by atoms with Gasteiger partial charge in [0, 0.05) is 24.5 Å². The van der Waals surface area contributed by atoms with E-state index in [1.54, 1.807) is 12.1 Å². The Morgan fingerprint density at radius 2 is 1.78 bits per heavy atom. The number of aryl methyl sites for hydroxylation is 2. The highest BCUT2D eigenvalue weighted by molar-refractivity contribution is 7.99. The number of thioether (sulfide) groups is 1. The largest absolute Gasteiger partial charge is 0.493 e. The Bertz CT molecular complexity index is 1150. The first-order valence-electron chi connectivity index (χ1n) is 10.5. The summed E-state index contributed by atoms with van der Waals surface area (Å²) in [6.45, 7) is 9.96. The van der Waals surface area contributed by atoms with Crippen LogP contribution in [0.2, 0.25) is 0 Å². The standard InChI is InChI=1S/C24H28N4O3S/c1-5-27(6-2)19-11-12-20(17(4)13-19)25-22(30)15-32-24-26-21(29)14-23(31)28(24)18-9-7-16(3)8-10-18/h7-14,29H,5-6,15H2,1-4H3,(H,25,30). The predicted octanol–water partition coefficient (Wildman–Crippen LogP) is 4.13. The third-order valence-electron chi connectivity index (χ3n) is 5.11. The van der Waals surface area contributed by atoms with Crippen molar-refractivity contribution in [3.05, 3.63) is 70.0 Å². The first kappa shape index (κ1) is 23.4. The second kappa shape index (κ2) is 10.4. The topological polar surface area (TPSA) is 87.5 Å². The van der Waals surface area contributed by atoms with Crippen molar-refractivity contribution in [1.29, 1.82) is 0 Å². The molecule has 0 saturated carbocycles. The molecule has 32 heavy (non-hydrogen) atoms. The molecule has 3 rings (SSSR count). The summed E-state index contributed by atoms with van der Waals surface area (Å²) in [6.07, 6.45) is 0. The van der Waals surface area contributed by atoms with Crippen LogP contribution in [0.3, 0.4) is 0 Å². The summed E-state index contributed by atoms with van der Waals surface area (Å²) in [4.78, 5) is 31.4. The summed E-state index contributed by atoms with van der Waals surface area (Å²) >= 11 is 1.09. The fourth-order valence-corrected chi connectivity index (χ4v) is 4.18. The molecule has 168 valence electrons. The van der Waals surface area contributed by atoms with Gasteiger partial charge in [-0.3, -0.25) is 14.2 Å². The van der Waals surface area contributed by atoms with Crippen LogP contribution in [0.5, 0.6) is 5.88 Å². The second-order valence-corrected chi connectivity index (χ2v) is 8.36. The zero-order valence-corrected chi connectivity index (χ0v) is 19.6. The molecule has 0 unspecified atom stereocenters. The average Bonchev–Trinajstić information content (AvgIpc) is 2.75. The molecule has 3 aromatic rings. The van der Waals surface area contributed by atoms with Gasteiger partial charge in [-0.15, -0.1) is 0 Å². The van der Waals surface area contributed by atoms with Gasteiger partial charge < -0.3 is 15.3 Å². The molecule has 0 aliphatic heterocycles. The Morgan fingerprint density at radius 3 is 2.41 bits per heavy atom. The van der Waals surface area contributed by atoms with E-state index < -0.39 is 5.56 Å². The van der Waals surface area contributed by atoms with Gasteiger partial charge >= 0.3 is 0 Å². The number of hydrogen-bond donors (Lipinski definition) is 2. The Hall–Kier alpha value is -3.26. The van der Waals surface area contributed by atoms with E-state index in [0.717, 1.165) is 53.4 Å². The monoisotopic (exact) mass is 452 g/mol. The highest BCUT2D eigenvalue weighted by atomic mass is 32.2. The number of anilines is 2. The van der Waals surface area contributed by atoms with E-state index in [1.165, 1.54) is 4.57 Å². The van der Waals surface area contributed by atoms with Crippen molar-refractivity contribution in [2.24, 2.45) is 0 Å². The molecule has 0 bridgehead atoms. The van der Waals surface area contributed by atoms with Crippen molar-refractivity contribution in [3.63, 3.8) is 0 Å². The Labute approximate surface area is 192 Å². The maximum Gasteiger partial charge on any atom is 0.262 e. The van der Waals surface area contributed by atoms with Crippen molar-refractivity contribution >= 4 is 29.0 Å². The summed E-state index contributed by atoms with van der Waals surface area (Å²) in [5.74, 6) is -0.551. The van der Waals surface area contributed by atoms with Gasteiger partial charge in [0.25, 0.3) is 5.56 Å². The van der Waals surface area contributed by atoms with Crippen LogP contribution in [-0.2, 0) is 4.79 Å². The average molecular weight is 453 g/mol. The fourth-order valence-electron chi connectivity index (χ4n) is 3.37. The number of rotatable bonds is 8. The zero-order chi connectivity index (χ0) is 23.3. The van der Waals surface area contributed by atoms with Crippen molar-refractivity contribution in [2.75, 3.05) is 29.1 Å². The van der Waals surface area contributed by atoms with Crippen molar-refractivity contribution < 1.29 is 9.90 Å². The summed E-state index contributed by atoms with van der Waals surface area (Å²) in [7, 11) is 0. The molecule has 0 aliphatic rings. The highest BCUT2D eigenvalue weighted by Crippen LogP contribution is 2.24. The molecule has 1 amide bonds. The zero-order valence-electron chi connectivity index (χ0n) is 18.8. The molecule has 0 saturated heterocycles. The summed E-state index contributed by atoms with van der Waals surface area (Å²) in [5, 5.41) is 13.0. The van der Waals surface area contributed by atoms with E-state index in [2.05, 4.69) is 35.1 Å². The summed E-state index contributed by atoms with van der Waals surface area (Å²) in [6, 6.07) is 14.4. The lowest BCUT2D eigenvalue weighted by molar-refractivity contribution is -0.113. The van der Waals surface area contributed by atoms with E-state index in [9.17, 15) is 14.7 Å². The molecule has 1 aromatic heterocycles. The van der Waals surface area contributed by atoms with Gasteiger partial charge in [0.1, 0.15) is 0 Å². The lowest BCUT2D eigenvalue weighted by Crippen LogP contribution is -2.22. The minimum Gasteiger partial charge on any atom is -0.493 e. The van der Waals surface area contributed by atoms with Gasteiger partial charge in [0.2, 0.25) is 11.8 Å². The van der Waals surface area contributed by atoms with Crippen LogP contribution >= 0.6 is 11.8 Å². The van der Waals surface area contributed by atoms with Gasteiger partial charge in [-0.05, 0) is 63.6 Å². The second-order valence-electron chi connectivity index (χ2n) is 7.41. The van der Waals surface area contributed by atoms with Crippen LogP contribution in [0.25, 0.3) is 5.69 Å². The molecule has 2 N–H and O–H groups in total. The van der Waals surface area contributed by atoms with Crippen LogP contribution in [0.4, 0.5) is 11.4 Å². The normalized spacial score (nSPS) is 10.8. The SMILES string of the molecule is CCN(CC)c1ccc(NC(=O)CSc2nc(O)cc(=O)n2-c2ccc(C)cc2)c(C)c1. The first-order chi connectivity index (χ1) is 15.3. The third-order valence-corrected chi connectivity index (χ3v) is 6.05. The molecule has 0 aliphatic carbocycles. The molecule has 0 fully saturated rings. The van der Waals surface area contributed by atoms with Crippen LogP contribution < -0.4 is 15.8 Å². The van der Waals surface area contributed by atoms with E-state index in [0.29, 0.717) is 5.69 Å². The van der Waals surface area contributed by atoms with E-state index in [4.69, 9.17) is 0 Å². The van der Waals surface area contributed by atoms with Crippen LogP contribution in [-0.4, -0.2) is 39.4 Å². The smallest absolute Gasteiger partial charge is 0.262 e. The van der Waals surface area contributed by atoms with Gasteiger partial charge in [-0.2, -0.15) is 4.98 Å². The number of aromatic hydroxyl groups is 1. The number of aromatic nitrogens is 2. The van der Waals surface area contributed by atoms with Gasteiger partial charge in [0.15, 0.2) is 5.16 Å². The molecule has 0 spiro atoms. The molecule has 7 nitrogen and oxygen atoms in total. The number of nitrogens with one attached hydrogen (secondary N) is 1. The fraction of sp³-hybridized carbons (Fsp3) is 0.292. The Balaban J connectivity index is 1.75. The number of nitrogens with zero attached hydrogens (tertiary/aromatic N) is 3. The first-order valence-corrected chi connectivity index (χ1v) is 11.5. The van der Waals surface area contributed by atoms with Crippen molar-refractivity contribution in [1.82, 2.24) is 9.55 Å². The van der Waals surface area contributed by atoms with Gasteiger partial charge in [-0.1, -0.05) is 29.5 Å². The summed E-state index contributed by atoms with van der Waals surface area (Å²) < 4.78 is 1.39. The Kier molecular flexibility index (Phi) is 7.58. The number of hydrogen-bond acceptors (Lipinski definition) is 6. The molecular formula is C24H28N4O3S. The highest BCUT2D eigenvalue weighted by Gasteiger charge is 2.14. The molecule has 0 radical (unpaired) electrons. The number of benzene rings is 2. The Morgan fingerprint density at radius 1 is 1.09 bits per heavy atom. The maximum absolute atomic E-state index is 12.6. The van der Waals surface area contributed by atoms with Crippen LogP contribution in [0.1, 0.15) is 25.0 Å². The maximum atomic E-state index is 12.6. The third kappa shape index (κ3) is 5.50. The summed E-state index contributed by atoms with van der Waals surface area (Å²) in [5.41, 5.74) is 4.10. The van der Waals surface area contributed by atoms with Crippen molar-refractivity contribution in [3.8, 4) is 11.6 Å². The minimum atomic E-state index is -0.410. The van der Waals surface area contributed by atoms with Gasteiger partial charge in [0.05, 0.1) is 17.5 Å². The van der Waals surface area contributed by atoms with Crippen molar-refractivity contribution in [2.45, 2.75) is 32.9 Å². The number of carbonyl (C=O) groups excluding carboxylic acids is 1. The predicted molar refractivity (Wildman–Crippen MR) is 130 cm³/mol. The van der Waals surface area contributed by atoms with Gasteiger partial charge in [-0.25, -0.2) is 0 Å². The number of amides is 1. The van der Waals surface area contributed by atoms with E-state index >= 15 is 0 Å². The lowest BCUT2D eigenvalue weighted by Gasteiger charge is -2.22. The molecule has 0 atom stereocenters. The van der Waals surface area contributed by atoms with E-state index in [-0.39, 0.29) is 22.7 Å². The molecule has 8 heteroatoms. The van der Waals surface area contributed by atoms with Crippen LogP contribution in [0.15, 0.2) is 58.5 Å². The molecule has 1 heterocycles. The molecule has 2 aromatic carbocycles.